The molecule has 69 heavy (non-hydrogen) atoms. The number of nitrogens with zero attached hydrogens (tertiary/aromatic N) is 5. The number of Topliss-reactive ketones (excluding diaryl/α,β-unsaturated/α-hetero) is 2. The van der Waals surface area contributed by atoms with E-state index in [1.165, 1.54) is 37.6 Å². The molecule has 5 heterocycles. The minimum absolute atomic E-state index is 0.0175. The molecule has 12 rings (SSSR count). The Hall–Kier alpha value is -6.98. The lowest BCUT2D eigenvalue weighted by Crippen LogP contribution is -2.46. The van der Waals surface area contributed by atoms with Crippen LogP contribution >= 0.6 is 0 Å². The predicted molar refractivity (Wildman–Crippen MR) is 254 cm³/mol. The van der Waals surface area contributed by atoms with Crippen molar-refractivity contribution in [1.82, 2.24) is 55.9 Å². The number of ketones is 2. The number of hydrogen-bond donors (Lipinski definition) is 7. The fraction of sp³-hybridized carbons (Fsp3) is 0.490. The van der Waals surface area contributed by atoms with Crippen LogP contribution in [0.25, 0.3) is 21.8 Å². The third kappa shape index (κ3) is 8.20. The van der Waals surface area contributed by atoms with Gasteiger partial charge in [-0.3, -0.25) is 34.2 Å². The van der Waals surface area contributed by atoms with Crippen molar-refractivity contribution in [3.63, 3.8) is 0 Å². The van der Waals surface area contributed by atoms with Crippen LogP contribution in [-0.4, -0.2) is 111 Å². The van der Waals surface area contributed by atoms with E-state index in [0.717, 1.165) is 96.5 Å². The summed E-state index contributed by atoms with van der Waals surface area (Å²) in [5.74, 6) is -1.02. The summed E-state index contributed by atoms with van der Waals surface area (Å²) in [4.78, 5) is 90.3. The Bertz CT molecular complexity index is 3000. The number of aromatic carboxylic acids is 1. The topological polar surface area (TPSA) is 265 Å². The Balaban J connectivity index is 0.000000141. The smallest absolute Gasteiger partial charge is 0.373 e. The number of hydrogen-bond acceptors (Lipinski definition) is 10. The lowest BCUT2D eigenvalue weighted by atomic mass is 9.53. The van der Waals surface area contributed by atoms with Crippen LogP contribution in [0.2, 0.25) is 0 Å². The number of amides is 3. The third-order valence-electron chi connectivity index (χ3n) is 15.8. The zero-order valence-corrected chi connectivity index (χ0v) is 39.5. The number of aromatic nitrogens is 8. The molecule has 2 aromatic carbocycles. The molecule has 6 aliphatic rings. The first-order chi connectivity index (χ1) is 33.0. The molecule has 1 atom stereocenters. The maximum absolute atomic E-state index is 13.2. The number of benzene rings is 2. The van der Waals surface area contributed by atoms with Crippen LogP contribution in [-0.2, 0) is 10.8 Å². The van der Waals surface area contributed by atoms with Gasteiger partial charge < -0.3 is 30.6 Å². The van der Waals surface area contributed by atoms with Crippen LogP contribution in [0, 0.1) is 10.8 Å². The van der Waals surface area contributed by atoms with Gasteiger partial charge in [0.15, 0.2) is 11.6 Å². The lowest BCUT2D eigenvalue weighted by Gasteiger charge is -2.50. The van der Waals surface area contributed by atoms with Crippen molar-refractivity contribution in [2.75, 3.05) is 13.1 Å². The van der Waals surface area contributed by atoms with E-state index in [2.05, 4.69) is 64.8 Å². The SMILES string of the molecule is CC1(C)CC2(CCC2)c2c([nH]c3ccc(C(=O)NC4CCCC4)cc23)C1=O.CC1(C)CC2(CCC2)c2c([nH]c3ccc(C(=O)NC4CCN(C(=O)c5ncn[nH]5)C4)cc23)C1=O.O=C(O)c1ncn[nH]1. The maximum Gasteiger partial charge on any atom is 0.373 e. The van der Waals surface area contributed by atoms with Gasteiger partial charge in [-0.15, -0.1) is 0 Å². The number of carbonyl (C=O) groups is 6. The van der Waals surface area contributed by atoms with E-state index < -0.39 is 5.97 Å². The zero-order chi connectivity index (χ0) is 48.5. The van der Waals surface area contributed by atoms with E-state index in [9.17, 15) is 28.8 Å². The van der Waals surface area contributed by atoms with Crippen molar-refractivity contribution in [1.29, 1.82) is 0 Å². The van der Waals surface area contributed by atoms with E-state index in [-0.39, 0.29) is 68.6 Å². The van der Waals surface area contributed by atoms with Gasteiger partial charge in [-0.2, -0.15) is 10.2 Å². The highest BCUT2D eigenvalue weighted by Crippen LogP contribution is 2.59. The highest BCUT2D eigenvalue weighted by molar-refractivity contribution is 6.10. The molecule has 1 saturated heterocycles. The quantitative estimate of drug-likeness (QED) is 0.0868. The normalized spacial score (nSPS) is 21.3. The fourth-order valence-electron chi connectivity index (χ4n) is 12.3. The summed E-state index contributed by atoms with van der Waals surface area (Å²) in [7, 11) is 0. The van der Waals surface area contributed by atoms with Gasteiger partial charge in [0, 0.05) is 68.9 Å². The molecule has 6 aromatic rings. The maximum atomic E-state index is 13.2. The summed E-state index contributed by atoms with van der Waals surface area (Å²) in [6.07, 6.45) is 16.3. The first-order valence-electron chi connectivity index (χ1n) is 24.2. The van der Waals surface area contributed by atoms with Crippen molar-refractivity contribution < 1.29 is 33.9 Å². The van der Waals surface area contributed by atoms with Gasteiger partial charge in [-0.25, -0.2) is 14.8 Å². The molecular formula is C51H59N11O7. The number of carbonyl (C=O) groups excluding carboxylic acids is 5. The van der Waals surface area contributed by atoms with Crippen molar-refractivity contribution in [2.45, 2.75) is 134 Å². The third-order valence-corrected chi connectivity index (χ3v) is 15.8. The second-order valence-corrected chi connectivity index (χ2v) is 21.5. The summed E-state index contributed by atoms with van der Waals surface area (Å²) < 4.78 is 0. The lowest BCUT2D eigenvalue weighted by molar-refractivity contribution is 0.0656. The van der Waals surface area contributed by atoms with Crippen LogP contribution in [0.4, 0.5) is 0 Å². The van der Waals surface area contributed by atoms with E-state index in [4.69, 9.17) is 5.11 Å². The molecule has 0 bridgehead atoms. The van der Waals surface area contributed by atoms with Crippen molar-refractivity contribution in [2.24, 2.45) is 10.8 Å². The minimum atomic E-state index is -1.09. The number of rotatable bonds is 6. The second kappa shape index (κ2) is 17.2. The van der Waals surface area contributed by atoms with Crippen LogP contribution in [0.1, 0.15) is 185 Å². The van der Waals surface area contributed by atoms with E-state index in [0.29, 0.717) is 36.7 Å². The monoisotopic (exact) mass is 937 g/mol. The molecule has 18 nitrogen and oxygen atoms in total. The molecule has 4 fully saturated rings. The van der Waals surface area contributed by atoms with Gasteiger partial charge >= 0.3 is 5.97 Å². The number of carboxylic acid groups (broad SMARTS) is 1. The van der Waals surface area contributed by atoms with Gasteiger partial charge in [0.05, 0.1) is 11.4 Å². The van der Waals surface area contributed by atoms with Gasteiger partial charge in [0.25, 0.3) is 17.7 Å². The molecule has 3 amide bonds. The number of carboxylic acids is 1. The number of likely N-dealkylation sites (tertiary alicyclic amines) is 1. The molecule has 5 aliphatic carbocycles. The first-order valence-corrected chi connectivity index (χ1v) is 24.2. The molecule has 0 radical (unpaired) electrons. The second-order valence-electron chi connectivity index (χ2n) is 21.5. The highest BCUT2D eigenvalue weighted by atomic mass is 16.4. The Kier molecular flexibility index (Phi) is 11.4. The first kappa shape index (κ1) is 45.8. The molecule has 1 aliphatic heterocycles. The summed E-state index contributed by atoms with van der Waals surface area (Å²) in [6, 6.07) is 11.7. The van der Waals surface area contributed by atoms with Crippen LogP contribution in [0.15, 0.2) is 49.1 Å². The molecule has 18 heteroatoms. The Labute approximate surface area is 398 Å². The summed E-state index contributed by atoms with van der Waals surface area (Å²) in [5.41, 5.74) is 6.39. The van der Waals surface area contributed by atoms with Crippen LogP contribution < -0.4 is 10.6 Å². The Morgan fingerprint density at radius 1 is 0.652 bits per heavy atom. The van der Waals surface area contributed by atoms with E-state index in [1.54, 1.807) is 11.0 Å². The van der Waals surface area contributed by atoms with Crippen molar-refractivity contribution >= 4 is 57.1 Å². The molecule has 7 N–H and O–H groups in total. The van der Waals surface area contributed by atoms with Crippen LogP contribution in [0.3, 0.4) is 0 Å². The molecular weight excluding hydrogens is 879 g/mol. The molecule has 3 saturated carbocycles. The molecule has 4 aromatic heterocycles. The Morgan fingerprint density at radius 3 is 1.55 bits per heavy atom. The van der Waals surface area contributed by atoms with E-state index >= 15 is 0 Å². The van der Waals surface area contributed by atoms with Gasteiger partial charge in [-0.05, 0) is 116 Å². The van der Waals surface area contributed by atoms with E-state index in [1.807, 2.05) is 44.2 Å². The van der Waals surface area contributed by atoms with Crippen LogP contribution in [0.5, 0.6) is 0 Å². The summed E-state index contributed by atoms with van der Waals surface area (Å²) in [5, 5.41) is 28.3. The van der Waals surface area contributed by atoms with Gasteiger partial charge in [0.2, 0.25) is 11.6 Å². The standard InChI is InChI=1S/C25H28N6O3.C23H28N2O2.C3H3N3O2/c1-24(2)12-25(7-3-8-25)18-16-10-14(4-5-17(16)29-19(18)20(24)32)22(33)28-15-6-9-31(11-15)23(34)21-26-13-27-30-21;1-22(2)13-23(10-5-11-23)18-16-12-14(21(27)24-15-6-3-4-7-15)8-9-17(16)25-19(18)20(22)26;7-3(8)2-4-1-5-6-2/h4-5,10,13,15,29H,3,6-9,11-12H2,1-2H3,(H,28,33)(H,26,27,30);8-9,12,15,25H,3-7,10-11,13H2,1-2H3,(H,24,27);1H,(H,7,8)(H,4,5,6). The zero-order valence-electron chi connectivity index (χ0n) is 39.5. The average Bonchev–Trinajstić information content (AvgIpc) is 4.16. The molecule has 1 unspecified atom stereocenters. The average molecular weight is 938 g/mol. The number of aromatic amines is 4. The summed E-state index contributed by atoms with van der Waals surface area (Å²) in [6.45, 7) is 9.21. The van der Waals surface area contributed by atoms with Crippen molar-refractivity contribution in [3.8, 4) is 0 Å². The van der Waals surface area contributed by atoms with Gasteiger partial charge in [-0.1, -0.05) is 53.4 Å². The van der Waals surface area contributed by atoms with Crippen molar-refractivity contribution in [3.05, 3.63) is 94.3 Å². The summed E-state index contributed by atoms with van der Waals surface area (Å²) >= 11 is 0. The molecule has 360 valence electrons. The van der Waals surface area contributed by atoms with Gasteiger partial charge in [0.1, 0.15) is 12.7 Å². The predicted octanol–water partition coefficient (Wildman–Crippen LogP) is 7.34. The number of fused-ring (bicyclic) bond motifs is 8. The Morgan fingerprint density at radius 2 is 1.13 bits per heavy atom. The molecule has 2 spiro atoms. The number of nitrogens with one attached hydrogen (secondary N) is 6. The minimum Gasteiger partial charge on any atom is -0.475 e. The number of H-pyrrole nitrogens is 4. The fourth-order valence-corrected chi connectivity index (χ4v) is 12.3. The highest BCUT2D eigenvalue weighted by Gasteiger charge is 2.54. The largest absolute Gasteiger partial charge is 0.475 e.